The van der Waals surface area contributed by atoms with Crippen LogP contribution in [0.4, 0.5) is 0 Å². The van der Waals surface area contributed by atoms with Gasteiger partial charge in [-0.1, -0.05) is 23.4 Å². The predicted octanol–water partition coefficient (Wildman–Crippen LogP) is 3.13. The molecule has 0 radical (unpaired) electrons. The molecule has 0 saturated carbocycles. The van der Waals surface area contributed by atoms with Crippen molar-refractivity contribution in [3.05, 3.63) is 53.0 Å². The number of nitrogens with zero attached hydrogens (tertiary/aromatic N) is 1. The van der Waals surface area contributed by atoms with Crippen LogP contribution < -0.4 is 0 Å². The van der Waals surface area contributed by atoms with E-state index in [9.17, 15) is 9.59 Å². The molecule has 1 aromatic carbocycles. The highest BCUT2D eigenvalue weighted by atomic mass is 16.5. The van der Waals surface area contributed by atoms with E-state index in [1.165, 1.54) is 0 Å². The van der Waals surface area contributed by atoms with Crippen molar-refractivity contribution < 1.29 is 18.8 Å². The standard InChI is InChI=1S/C18H18N2O4/c1-10-14(11(2)24-20-10)8-17(21)23-12(3)18(22)15-9-19-16-7-5-4-6-13(15)16/h4-7,9,12,19H,8H2,1-3H3. The van der Waals surface area contributed by atoms with Gasteiger partial charge in [0.15, 0.2) is 6.10 Å². The van der Waals surface area contributed by atoms with E-state index in [1.807, 2.05) is 24.3 Å². The number of hydrogen-bond donors (Lipinski definition) is 1. The number of para-hydroxylation sites is 1. The smallest absolute Gasteiger partial charge is 0.311 e. The third-order valence-electron chi connectivity index (χ3n) is 4.03. The summed E-state index contributed by atoms with van der Waals surface area (Å²) >= 11 is 0. The number of aryl methyl sites for hydroxylation is 2. The van der Waals surface area contributed by atoms with Crippen LogP contribution in [-0.2, 0) is 16.0 Å². The van der Waals surface area contributed by atoms with E-state index in [1.54, 1.807) is 27.0 Å². The van der Waals surface area contributed by atoms with Gasteiger partial charge in [-0.05, 0) is 26.8 Å². The number of nitrogens with one attached hydrogen (secondary N) is 1. The van der Waals surface area contributed by atoms with Crippen molar-refractivity contribution in [2.24, 2.45) is 0 Å². The van der Waals surface area contributed by atoms with E-state index in [2.05, 4.69) is 10.1 Å². The van der Waals surface area contributed by atoms with Crippen LogP contribution in [-0.4, -0.2) is 28.0 Å². The van der Waals surface area contributed by atoms with Crippen LogP contribution in [0.25, 0.3) is 10.9 Å². The van der Waals surface area contributed by atoms with Crippen molar-refractivity contribution >= 4 is 22.7 Å². The van der Waals surface area contributed by atoms with E-state index >= 15 is 0 Å². The van der Waals surface area contributed by atoms with Crippen molar-refractivity contribution in [2.45, 2.75) is 33.3 Å². The molecule has 24 heavy (non-hydrogen) atoms. The lowest BCUT2D eigenvalue weighted by atomic mass is 10.1. The molecular formula is C18H18N2O4. The van der Waals surface area contributed by atoms with Gasteiger partial charge in [0.2, 0.25) is 5.78 Å². The molecule has 1 N–H and O–H groups in total. The van der Waals surface area contributed by atoms with Gasteiger partial charge < -0.3 is 14.2 Å². The Morgan fingerprint density at radius 1 is 1.29 bits per heavy atom. The third kappa shape index (κ3) is 2.95. The molecule has 124 valence electrons. The van der Waals surface area contributed by atoms with Gasteiger partial charge >= 0.3 is 5.97 Å². The van der Waals surface area contributed by atoms with Gasteiger partial charge in [-0.15, -0.1) is 0 Å². The number of carbonyl (C=O) groups excluding carboxylic acids is 2. The molecule has 3 rings (SSSR count). The van der Waals surface area contributed by atoms with Crippen LogP contribution in [0, 0.1) is 13.8 Å². The largest absolute Gasteiger partial charge is 0.454 e. The van der Waals surface area contributed by atoms with E-state index in [4.69, 9.17) is 9.26 Å². The van der Waals surface area contributed by atoms with Crippen LogP contribution in [0.2, 0.25) is 0 Å². The first-order valence-electron chi connectivity index (χ1n) is 7.69. The molecule has 0 bridgehead atoms. The first-order chi connectivity index (χ1) is 11.5. The van der Waals surface area contributed by atoms with Gasteiger partial charge in [0.05, 0.1) is 12.1 Å². The number of aromatic amines is 1. The third-order valence-corrected chi connectivity index (χ3v) is 4.03. The maximum absolute atomic E-state index is 12.6. The lowest BCUT2D eigenvalue weighted by Crippen LogP contribution is -2.25. The Morgan fingerprint density at radius 2 is 2.04 bits per heavy atom. The highest BCUT2D eigenvalue weighted by molar-refractivity contribution is 6.10. The Kier molecular flexibility index (Phi) is 4.20. The average molecular weight is 326 g/mol. The molecule has 2 aromatic heterocycles. The number of Topliss-reactive ketones (excluding diaryl/α,β-unsaturated/α-hetero) is 1. The van der Waals surface area contributed by atoms with Crippen molar-refractivity contribution in [1.29, 1.82) is 0 Å². The maximum Gasteiger partial charge on any atom is 0.311 e. The molecule has 0 amide bonds. The zero-order valence-corrected chi connectivity index (χ0v) is 13.8. The maximum atomic E-state index is 12.6. The fourth-order valence-corrected chi connectivity index (χ4v) is 2.69. The molecule has 1 unspecified atom stereocenters. The molecule has 0 fully saturated rings. The minimum absolute atomic E-state index is 0.0344. The Balaban J connectivity index is 1.71. The molecule has 2 heterocycles. The Bertz CT molecular complexity index is 887. The van der Waals surface area contributed by atoms with Gasteiger partial charge in [0.1, 0.15) is 5.76 Å². The molecule has 0 aliphatic heterocycles. The summed E-state index contributed by atoms with van der Waals surface area (Å²) in [4.78, 5) is 27.7. The first-order valence-corrected chi connectivity index (χ1v) is 7.69. The normalized spacial score (nSPS) is 12.3. The quantitative estimate of drug-likeness (QED) is 0.575. The van der Waals surface area contributed by atoms with Crippen LogP contribution in [0.5, 0.6) is 0 Å². The van der Waals surface area contributed by atoms with Crippen molar-refractivity contribution in [3.63, 3.8) is 0 Å². The fraction of sp³-hybridized carbons (Fsp3) is 0.278. The Morgan fingerprint density at radius 3 is 2.75 bits per heavy atom. The lowest BCUT2D eigenvalue weighted by molar-refractivity contribution is -0.145. The number of ether oxygens (including phenoxy) is 1. The molecule has 3 aromatic rings. The number of ketones is 1. The van der Waals surface area contributed by atoms with Gasteiger partial charge in [0.25, 0.3) is 0 Å². The molecule has 1 atom stereocenters. The molecular weight excluding hydrogens is 308 g/mol. The predicted molar refractivity (Wildman–Crippen MR) is 87.9 cm³/mol. The number of esters is 1. The van der Waals surface area contributed by atoms with Crippen LogP contribution >= 0.6 is 0 Å². The summed E-state index contributed by atoms with van der Waals surface area (Å²) in [7, 11) is 0. The van der Waals surface area contributed by atoms with Crippen LogP contribution in [0.15, 0.2) is 35.0 Å². The first kappa shape index (κ1) is 16.0. The summed E-state index contributed by atoms with van der Waals surface area (Å²) in [6, 6.07) is 7.50. The second-order valence-corrected chi connectivity index (χ2v) is 5.72. The van der Waals surface area contributed by atoms with Crippen molar-refractivity contribution in [1.82, 2.24) is 10.1 Å². The molecule has 6 nitrogen and oxygen atoms in total. The van der Waals surface area contributed by atoms with E-state index in [-0.39, 0.29) is 12.2 Å². The zero-order chi connectivity index (χ0) is 17.3. The molecule has 6 heteroatoms. The molecule has 0 aliphatic carbocycles. The SMILES string of the molecule is Cc1noc(C)c1CC(=O)OC(C)C(=O)c1c[nH]c2ccccc12. The fourth-order valence-electron chi connectivity index (χ4n) is 2.69. The molecule has 0 spiro atoms. The summed E-state index contributed by atoms with van der Waals surface area (Å²) in [5.41, 5.74) is 2.74. The van der Waals surface area contributed by atoms with E-state index in [0.29, 0.717) is 22.6 Å². The lowest BCUT2D eigenvalue weighted by Gasteiger charge is -2.12. The molecule has 0 saturated heterocycles. The number of hydrogen-bond acceptors (Lipinski definition) is 5. The number of carbonyl (C=O) groups is 2. The van der Waals surface area contributed by atoms with E-state index < -0.39 is 12.1 Å². The second-order valence-electron chi connectivity index (χ2n) is 5.72. The number of aromatic nitrogens is 2. The summed E-state index contributed by atoms with van der Waals surface area (Å²) in [6.07, 6.45) is 0.815. The van der Waals surface area contributed by atoms with Gasteiger partial charge in [-0.25, -0.2) is 0 Å². The Hall–Kier alpha value is -2.89. The summed E-state index contributed by atoms with van der Waals surface area (Å²) in [5.74, 6) is -0.135. The van der Waals surface area contributed by atoms with Gasteiger partial charge in [-0.2, -0.15) is 0 Å². The second kappa shape index (κ2) is 6.31. The Labute approximate surface area is 138 Å². The monoisotopic (exact) mass is 326 g/mol. The highest BCUT2D eigenvalue weighted by Gasteiger charge is 2.23. The van der Waals surface area contributed by atoms with Gasteiger partial charge in [0, 0.05) is 28.2 Å². The number of benzene rings is 1. The number of fused-ring (bicyclic) bond motifs is 1. The summed E-state index contributed by atoms with van der Waals surface area (Å²) in [6.45, 7) is 5.08. The highest BCUT2D eigenvalue weighted by Crippen LogP contribution is 2.20. The van der Waals surface area contributed by atoms with E-state index in [0.717, 1.165) is 10.9 Å². The van der Waals surface area contributed by atoms with Crippen molar-refractivity contribution in [2.75, 3.05) is 0 Å². The van der Waals surface area contributed by atoms with Gasteiger partial charge in [-0.3, -0.25) is 9.59 Å². The minimum Gasteiger partial charge on any atom is -0.454 e. The molecule has 0 aliphatic rings. The van der Waals surface area contributed by atoms with Crippen LogP contribution in [0.1, 0.15) is 34.3 Å². The summed E-state index contributed by atoms with van der Waals surface area (Å²) < 4.78 is 10.3. The summed E-state index contributed by atoms with van der Waals surface area (Å²) in [5, 5.41) is 4.62. The van der Waals surface area contributed by atoms with Crippen molar-refractivity contribution in [3.8, 4) is 0 Å². The van der Waals surface area contributed by atoms with Crippen LogP contribution in [0.3, 0.4) is 0 Å². The minimum atomic E-state index is -0.864. The number of H-pyrrole nitrogens is 1. The average Bonchev–Trinajstić information content (AvgIpc) is 3.12. The topological polar surface area (TPSA) is 85.2 Å². The number of rotatable bonds is 5. The zero-order valence-electron chi connectivity index (χ0n) is 13.8.